The molecule has 7 nitrogen and oxygen atoms in total. The van der Waals surface area contributed by atoms with E-state index in [1.165, 1.54) is 0 Å². The maximum atomic E-state index is 14.0. The Kier molecular flexibility index (Phi) is 6.55. The number of piperidine rings is 1. The average Bonchev–Trinajstić information content (AvgIpc) is 2.83. The molecule has 2 aromatic rings. The van der Waals surface area contributed by atoms with E-state index in [2.05, 4.69) is 0 Å². The molecule has 168 valence electrons. The number of ether oxygens (including phenoxy) is 1. The average molecular weight is 436 g/mol. The number of nitrogens with zero attached hydrogens (tertiary/aromatic N) is 2. The van der Waals surface area contributed by atoms with Gasteiger partial charge in [-0.2, -0.15) is 0 Å². The van der Waals surface area contributed by atoms with E-state index in [0.29, 0.717) is 38.2 Å². The van der Waals surface area contributed by atoms with Gasteiger partial charge < -0.3 is 20.3 Å². The Labute approximate surface area is 188 Å². The van der Waals surface area contributed by atoms with Crippen molar-refractivity contribution in [3.05, 3.63) is 71.3 Å². The van der Waals surface area contributed by atoms with E-state index in [9.17, 15) is 14.4 Å². The predicted molar refractivity (Wildman–Crippen MR) is 120 cm³/mol. The third-order valence-electron chi connectivity index (χ3n) is 6.52. The van der Waals surface area contributed by atoms with Gasteiger partial charge in [0.15, 0.2) is 0 Å². The van der Waals surface area contributed by atoms with E-state index in [4.69, 9.17) is 10.5 Å². The van der Waals surface area contributed by atoms with Gasteiger partial charge in [-0.15, -0.1) is 0 Å². The van der Waals surface area contributed by atoms with Crippen molar-refractivity contribution < 1.29 is 19.1 Å². The molecule has 1 saturated heterocycles. The van der Waals surface area contributed by atoms with Crippen molar-refractivity contribution in [2.75, 3.05) is 33.4 Å². The summed E-state index contributed by atoms with van der Waals surface area (Å²) in [6.07, 6.45) is 1.43. The minimum atomic E-state index is -0.574. The van der Waals surface area contributed by atoms with Gasteiger partial charge in [-0.3, -0.25) is 14.4 Å². The molecule has 0 saturated carbocycles. The molecule has 0 aliphatic carbocycles. The number of benzene rings is 2. The number of methoxy groups -OCH3 is 1. The molecule has 32 heavy (non-hydrogen) atoms. The molecule has 2 aliphatic rings. The summed E-state index contributed by atoms with van der Waals surface area (Å²) < 4.78 is 5.28. The Morgan fingerprint density at radius 2 is 1.81 bits per heavy atom. The number of carbonyl (C=O) groups excluding carboxylic acids is 3. The van der Waals surface area contributed by atoms with Gasteiger partial charge in [0.05, 0.1) is 24.5 Å². The molecule has 1 fully saturated rings. The van der Waals surface area contributed by atoms with Crippen molar-refractivity contribution in [2.45, 2.75) is 24.8 Å². The second-order valence-electron chi connectivity index (χ2n) is 8.44. The molecule has 2 N–H and O–H groups in total. The molecule has 2 aromatic carbocycles. The SMILES string of the molecule is COCCN1C(=O)c2ccccc2[C@H](C(=O)N2CCC[C@H](C(N)=O)C2)[C@H]1c1ccccc1. The second kappa shape index (κ2) is 9.53. The Hall–Kier alpha value is -3.19. The van der Waals surface area contributed by atoms with Gasteiger partial charge in [0.25, 0.3) is 5.91 Å². The maximum Gasteiger partial charge on any atom is 0.254 e. The van der Waals surface area contributed by atoms with Crippen LogP contribution in [0.15, 0.2) is 54.6 Å². The summed E-state index contributed by atoms with van der Waals surface area (Å²) >= 11 is 0. The number of hydrogen-bond acceptors (Lipinski definition) is 4. The quantitative estimate of drug-likeness (QED) is 0.754. The Bertz CT molecular complexity index is 994. The topological polar surface area (TPSA) is 92.9 Å². The summed E-state index contributed by atoms with van der Waals surface area (Å²) in [4.78, 5) is 42.8. The highest BCUT2D eigenvalue weighted by Crippen LogP contribution is 2.44. The normalized spacial score (nSPS) is 23.0. The molecule has 0 unspecified atom stereocenters. The van der Waals surface area contributed by atoms with E-state index in [1.54, 1.807) is 23.0 Å². The van der Waals surface area contributed by atoms with Gasteiger partial charge in [-0.25, -0.2) is 0 Å². The molecule has 0 radical (unpaired) electrons. The van der Waals surface area contributed by atoms with Gasteiger partial charge in [0.2, 0.25) is 11.8 Å². The van der Waals surface area contributed by atoms with E-state index < -0.39 is 12.0 Å². The summed E-state index contributed by atoms with van der Waals surface area (Å²) in [5.74, 6) is -1.47. The maximum absolute atomic E-state index is 14.0. The summed E-state index contributed by atoms with van der Waals surface area (Å²) in [7, 11) is 1.60. The fraction of sp³-hybridized carbons (Fsp3) is 0.400. The number of likely N-dealkylation sites (tertiary alicyclic amines) is 1. The minimum Gasteiger partial charge on any atom is -0.383 e. The number of fused-ring (bicyclic) bond motifs is 1. The minimum absolute atomic E-state index is 0.0767. The van der Waals surface area contributed by atoms with Crippen molar-refractivity contribution >= 4 is 17.7 Å². The first-order chi connectivity index (χ1) is 15.5. The number of hydrogen-bond donors (Lipinski definition) is 1. The summed E-state index contributed by atoms with van der Waals surface area (Å²) in [5, 5.41) is 0. The molecule has 3 amide bonds. The van der Waals surface area contributed by atoms with Crippen molar-refractivity contribution in [3.63, 3.8) is 0 Å². The highest BCUT2D eigenvalue weighted by Gasteiger charge is 2.45. The molecule has 7 heteroatoms. The number of carbonyl (C=O) groups is 3. The lowest BCUT2D eigenvalue weighted by molar-refractivity contribution is -0.138. The van der Waals surface area contributed by atoms with Crippen LogP contribution in [0.1, 0.15) is 46.3 Å². The summed E-state index contributed by atoms with van der Waals surface area (Å²) in [5.41, 5.74) is 7.72. The van der Waals surface area contributed by atoms with Crippen molar-refractivity contribution in [1.29, 1.82) is 0 Å². The third-order valence-corrected chi connectivity index (χ3v) is 6.52. The monoisotopic (exact) mass is 435 g/mol. The molecular formula is C25H29N3O4. The van der Waals surface area contributed by atoms with Crippen LogP contribution in [0.3, 0.4) is 0 Å². The lowest BCUT2D eigenvalue weighted by atomic mass is 9.78. The van der Waals surface area contributed by atoms with Gasteiger partial charge in [0, 0.05) is 32.3 Å². The molecular weight excluding hydrogens is 406 g/mol. The lowest BCUT2D eigenvalue weighted by Gasteiger charge is -2.44. The fourth-order valence-electron chi connectivity index (χ4n) is 4.92. The van der Waals surface area contributed by atoms with Crippen LogP contribution in [0.4, 0.5) is 0 Å². The summed E-state index contributed by atoms with van der Waals surface area (Å²) in [6, 6.07) is 16.5. The van der Waals surface area contributed by atoms with E-state index in [-0.39, 0.29) is 23.6 Å². The largest absolute Gasteiger partial charge is 0.383 e. The van der Waals surface area contributed by atoms with Crippen LogP contribution in [-0.4, -0.2) is 60.9 Å². The highest BCUT2D eigenvalue weighted by molar-refractivity contribution is 6.01. The van der Waals surface area contributed by atoms with Crippen molar-refractivity contribution in [2.24, 2.45) is 11.7 Å². The number of primary amides is 1. The zero-order chi connectivity index (χ0) is 22.7. The summed E-state index contributed by atoms with van der Waals surface area (Å²) in [6.45, 7) is 1.64. The first-order valence-electron chi connectivity index (χ1n) is 11.0. The standard InChI is InChI=1S/C25H29N3O4/c1-32-15-14-28-22(17-8-3-2-4-9-17)21(19-11-5-6-12-20(19)24(28)30)25(31)27-13-7-10-18(16-27)23(26)29/h2-6,8-9,11-12,18,21-22H,7,10,13-16H2,1H3,(H2,26,29)/t18-,21-,22+/m0/s1. The zero-order valence-electron chi connectivity index (χ0n) is 18.3. The molecule has 2 heterocycles. The molecule has 3 atom stereocenters. The number of amides is 3. The van der Waals surface area contributed by atoms with Gasteiger partial charge >= 0.3 is 0 Å². The first kappa shape index (κ1) is 22.0. The smallest absolute Gasteiger partial charge is 0.254 e. The first-order valence-corrected chi connectivity index (χ1v) is 11.0. The van der Waals surface area contributed by atoms with E-state index >= 15 is 0 Å². The van der Waals surface area contributed by atoms with E-state index in [1.807, 2.05) is 48.5 Å². The van der Waals surface area contributed by atoms with Crippen LogP contribution in [0.2, 0.25) is 0 Å². The molecule has 4 rings (SSSR count). The van der Waals surface area contributed by atoms with Gasteiger partial charge in [-0.05, 0) is 30.0 Å². The van der Waals surface area contributed by atoms with Crippen LogP contribution >= 0.6 is 0 Å². The van der Waals surface area contributed by atoms with Crippen LogP contribution in [0, 0.1) is 5.92 Å². The fourth-order valence-corrected chi connectivity index (χ4v) is 4.92. The molecule has 0 bridgehead atoms. The van der Waals surface area contributed by atoms with Crippen LogP contribution in [0.25, 0.3) is 0 Å². The second-order valence-corrected chi connectivity index (χ2v) is 8.44. The molecule has 2 aliphatic heterocycles. The highest BCUT2D eigenvalue weighted by atomic mass is 16.5. The van der Waals surface area contributed by atoms with Crippen LogP contribution in [-0.2, 0) is 14.3 Å². The Balaban J connectivity index is 1.80. The van der Waals surface area contributed by atoms with Crippen molar-refractivity contribution in [3.8, 4) is 0 Å². The van der Waals surface area contributed by atoms with Crippen LogP contribution < -0.4 is 5.73 Å². The predicted octanol–water partition coefficient (Wildman–Crippen LogP) is 2.34. The number of rotatable bonds is 6. The van der Waals surface area contributed by atoms with Crippen molar-refractivity contribution in [1.82, 2.24) is 9.80 Å². The number of nitrogens with two attached hydrogens (primary N) is 1. The van der Waals surface area contributed by atoms with Gasteiger partial charge in [0.1, 0.15) is 0 Å². The zero-order valence-corrected chi connectivity index (χ0v) is 18.3. The Morgan fingerprint density at radius 1 is 1.09 bits per heavy atom. The van der Waals surface area contributed by atoms with Gasteiger partial charge in [-0.1, -0.05) is 48.5 Å². The third kappa shape index (κ3) is 4.12. The van der Waals surface area contributed by atoms with Crippen LogP contribution in [0.5, 0.6) is 0 Å². The molecule has 0 aromatic heterocycles. The molecule has 0 spiro atoms. The van der Waals surface area contributed by atoms with E-state index in [0.717, 1.165) is 17.5 Å². The lowest BCUT2D eigenvalue weighted by Crippen LogP contribution is -2.51. The Morgan fingerprint density at radius 3 is 2.53 bits per heavy atom.